The van der Waals surface area contributed by atoms with Gasteiger partial charge >= 0.3 is 0 Å². The number of piperidine rings is 1. The van der Waals surface area contributed by atoms with Crippen molar-refractivity contribution in [1.82, 2.24) is 5.32 Å². The summed E-state index contributed by atoms with van der Waals surface area (Å²) in [6.45, 7) is 6.12. The third kappa shape index (κ3) is 3.83. The number of benzene rings is 1. The van der Waals surface area contributed by atoms with Crippen LogP contribution in [0.4, 0.5) is 0 Å². The predicted octanol–water partition coefficient (Wildman–Crippen LogP) is 3.68. The summed E-state index contributed by atoms with van der Waals surface area (Å²) in [6, 6.07) is 6.28. The van der Waals surface area contributed by atoms with Gasteiger partial charge in [-0.1, -0.05) is 18.6 Å². The molecule has 1 fully saturated rings. The predicted molar refractivity (Wildman–Crippen MR) is 82.1 cm³/mol. The van der Waals surface area contributed by atoms with Crippen molar-refractivity contribution in [3.63, 3.8) is 0 Å². The van der Waals surface area contributed by atoms with Crippen LogP contribution in [0.25, 0.3) is 0 Å². The number of hydrogen-bond acceptors (Lipinski definition) is 3. The van der Waals surface area contributed by atoms with Crippen molar-refractivity contribution in [3.8, 4) is 0 Å². The largest absolute Gasteiger partial charge is 0.316 e. The van der Waals surface area contributed by atoms with Gasteiger partial charge in [0.05, 0.1) is 0 Å². The lowest BCUT2D eigenvalue weighted by Crippen LogP contribution is -2.34. The highest BCUT2D eigenvalue weighted by atomic mass is 32.2. The number of aryl methyl sites for hydroxylation is 1. The summed E-state index contributed by atoms with van der Waals surface area (Å²) >= 11 is 1.81. The van der Waals surface area contributed by atoms with Crippen LogP contribution in [0, 0.1) is 12.8 Å². The fourth-order valence-corrected chi connectivity index (χ4v) is 3.37. The maximum absolute atomic E-state index is 12.7. The summed E-state index contributed by atoms with van der Waals surface area (Å²) in [5.41, 5.74) is 2.11. The van der Waals surface area contributed by atoms with Crippen LogP contribution in [0.15, 0.2) is 23.1 Å². The van der Waals surface area contributed by atoms with Crippen molar-refractivity contribution >= 4 is 17.5 Å². The van der Waals surface area contributed by atoms with E-state index in [1.165, 1.54) is 5.56 Å². The Morgan fingerprint density at radius 3 is 3.00 bits per heavy atom. The molecular weight excluding hydrogens is 254 g/mol. The summed E-state index contributed by atoms with van der Waals surface area (Å²) in [6.07, 6.45) is 3.27. The summed E-state index contributed by atoms with van der Waals surface area (Å²) in [5, 5.41) is 3.34. The molecule has 1 aliphatic heterocycles. The van der Waals surface area contributed by atoms with Crippen LogP contribution in [-0.4, -0.2) is 24.6 Å². The SMILES string of the molecule is CCCSc1ccc(C)cc1C(=O)C1CCCNC1. The van der Waals surface area contributed by atoms with Crippen molar-refractivity contribution in [2.45, 2.75) is 38.0 Å². The Morgan fingerprint density at radius 2 is 2.32 bits per heavy atom. The molecule has 1 aliphatic rings. The zero-order valence-corrected chi connectivity index (χ0v) is 12.7. The molecule has 0 aliphatic carbocycles. The van der Waals surface area contributed by atoms with Crippen molar-refractivity contribution < 1.29 is 4.79 Å². The first-order valence-electron chi connectivity index (χ1n) is 7.20. The maximum Gasteiger partial charge on any atom is 0.168 e. The van der Waals surface area contributed by atoms with Gasteiger partial charge in [0.2, 0.25) is 0 Å². The Morgan fingerprint density at radius 1 is 1.47 bits per heavy atom. The van der Waals surface area contributed by atoms with E-state index in [1.54, 1.807) is 11.8 Å². The van der Waals surface area contributed by atoms with Gasteiger partial charge in [0, 0.05) is 22.9 Å². The van der Waals surface area contributed by atoms with Gasteiger partial charge in [0.25, 0.3) is 0 Å². The van der Waals surface area contributed by atoms with Crippen molar-refractivity contribution in [2.75, 3.05) is 18.8 Å². The third-order valence-electron chi connectivity index (χ3n) is 3.53. The molecule has 3 heteroatoms. The van der Waals surface area contributed by atoms with Crippen molar-refractivity contribution in [2.24, 2.45) is 5.92 Å². The van der Waals surface area contributed by atoms with Crippen molar-refractivity contribution in [1.29, 1.82) is 0 Å². The van der Waals surface area contributed by atoms with E-state index in [9.17, 15) is 4.79 Å². The summed E-state index contributed by atoms with van der Waals surface area (Å²) < 4.78 is 0. The number of ketones is 1. The van der Waals surface area contributed by atoms with Crippen molar-refractivity contribution in [3.05, 3.63) is 29.3 Å². The number of nitrogens with one attached hydrogen (secondary N) is 1. The van der Waals surface area contributed by atoms with Gasteiger partial charge in [-0.3, -0.25) is 4.79 Å². The molecule has 0 amide bonds. The standard InChI is InChI=1S/C16H23NOS/c1-3-9-19-15-7-6-12(2)10-14(15)16(18)13-5-4-8-17-11-13/h6-7,10,13,17H,3-5,8-9,11H2,1-2H3. The Hall–Kier alpha value is -0.800. The molecule has 2 nitrogen and oxygen atoms in total. The molecular formula is C16H23NOS. The van der Waals surface area contributed by atoms with Gasteiger partial charge in [-0.2, -0.15) is 0 Å². The minimum atomic E-state index is 0.163. The van der Waals surface area contributed by atoms with E-state index < -0.39 is 0 Å². The third-order valence-corrected chi connectivity index (χ3v) is 4.81. The average Bonchev–Trinajstić information content (AvgIpc) is 2.46. The molecule has 1 N–H and O–H groups in total. The van der Waals surface area contributed by atoms with Crippen LogP contribution in [-0.2, 0) is 0 Å². The minimum absolute atomic E-state index is 0.163. The molecule has 1 saturated heterocycles. The van der Waals surface area contributed by atoms with E-state index >= 15 is 0 Å². The van der Waals surface area contributed by atoms with Crippen LogP contribution in [0.3, 0.4) is 0 Å². The second-order valence-electron chi connectivity index (χ2n) is 5.26. The van der Waals surface area contributed by atoms with Crippen LogP contribution >= 0.6 is 11.8 Å². The fraction of sp³-hybridized carbons (Fsp3) is 0.562. The average molecular weight is 277 g/mol. The van der Waals surface area contributed by atoms with Gasteiger partial charge in [0.15, 0.2) is 5.78 Å². The Labute approximate surface area is 120 Å². The van der Waals surface area contributed by atoms with Gasteiger partial charge in [-0.15, -0.1) is 11.8 Å². The Bertz CT molecular complexity index is 438. The van der Waals surface area contributed by atoms with Crippen LogP contribution in [0.2, 0.25) is 0 Å². The zero-order chi connectivity index (χ0) is 13.7. The highest BCUT2D eigenvalue weighted by Gasteiger charge is 2.24. The molecule has 0 spiro atoms. The first-order valence-corrected chi connectivity index (χ1v) is 8.19. The molecule has 0 aromatic heterocycles. The first kappa shape index (κ1) is 14.6. The molecule has 0 bridgehead atoms. The summed E-state index contributed by atoms with van der Waals surface area (Å²) in [4.78, 5) is 13.8. The molecule has 1 aromatic carbocycles. The molecule has 1 unspecified atom stereocenters. The fourth-order valence-electron chi connectivity index (χ4n) is 2.47. The van der Waals surface area contributed by atoms with Crippen LogP contribution < -0.4 is 5.32 Å². The Kier molecular flexibility index (Phi) is 5.46. The smallest absolute Gasteiger partial charge is 0.168 e. The van der Waals surface area contributed by atoms with E-state index in [4.69, 9.17) is 0 Å². The van der Waals surface area contributed by atoms with Gasteiger partial charge in [0.1, 0.15) is 0 Å². The topological polar surface area (TPSA) is 29.1 Å². The van der Waals surface area contributed by atoms with Gasteiger partial charge in [-0.25, -0.2) is 0 Å². The van der Waals surface area contributed by atoms with E-state index in [0.29, 0.717) is 5.78 Å². The number of hydrogen-bond donors (Lipinski definition) is 1. The van der Waals surface area contributed by atoms with E-state index in [0.717, 1.165) is 48.6 Å². The number of carbonyl (C=O) groups excluding carboxylic acids is 1. The second kappa shape index (κ2) is 7.11. The number of thioether (sulfide) groups is 1. The highest BCUT2D eigenvalue weighted by molar-refractivity contribution is 7.99. The zero-order valence-electron chi connectivity index (χ0n) is 11.9. The van der Waals surface area contributed by atoms with Gasteiger partial charge in [-0.05, 0) is 50.6 Å². The van der Waals surface area contributed by atoms with Crippen LogP contribution in [0.1, 0.15) is 42.1 Å². The molecule has 1 heterocycles. The molecule has 19 heavy (non-hydrogen) atoms. The second-order valence-corrected chi connectivity index (χ2v) is 6.39. The van der Waals surface area contributed by atoms with E-state index in [1.807, 2.05) is 0 Å². The molecule has 104 valence electrons. The lowest BCUT2D eigenvalue weighted by Gasteiger charge is -2.22. The van der Waals surface area contributed by atoms with Crippen LogP contribution in [0.5, 0.6) is 0 Å². The molecule has 1 aromatic rings. The quantitative estimate of drug-likeness (QED) is 0.657. The van der Waals surface area contributed by atoms with E-state index in [-0.39, 0.29) is 5.92 Å². The Balaban J connectivity index is 2.20. The maximum atomic E-state index is 12.7. The molecule has 0 radical (unpaired) electrons. The molecule has 0 saturated carbocycles. The minimum Gasteiger partial charge on any atom is -0.316 e. The highest BCUT2D eigenvalue weighted by Crippen LogP contribution is 2.28. The van der Waals surface area contributed by atoms with E-state index in [2.05, 4.69) is 37.4 Å². The lowest BCUT2D eigenvalue weighted by molar-refractivity contribution is 0.0896. The number of rotatable bonds is 5. The normalized spacial score (nSPS) is 19.4. The monoisotopic (exact) mass is 277 g/mol. The summed E-state index contributed by atoms with van der Waals surface area (Å²) in [5.74, 6) is 1.57. The molecule has 1 atom stereocenters. The summed E-state index contributed by atoms with van der Waals surface area (Å²) in [7, 11) is 0. The lowest BCUT2D eigenvalue weighted by atomic mass is 9.90. The van der Waals surface area contributed by atoms with Gasteiger partial charge < -0.3 is 5.32 Å². The number of Topliss-reactive ketones (excluding diaryl/α,β-unsaturated/α-hetero) is 1. The molecule has 2 rings (SSSR count). The number of carbonyl (C=O) groups is 1. The first-order chi connectivity index (χ1) is 9.22.